The lowest BCUT2D eigenvalue weighted by atomic mass is 10.1. The van der Waals surface area contributed by atoms with Crippen molar-refractivity contribution in [2.75, 3.05) is 6.54 Å². The van der Waals surface area contributed by atoms with Gasteiger partial charge < -0.3 is 0 Å². The van der Waals surface area contributed by atoms with E-state index in [1.54, 1.807) is 0 Å². The van der Waals surface area contributed by atoms with E-state index in [1.807, 2.05) is 0 Å². The maximum absolute atomic E-state index is 8.79. The number of nitriles is 1. The minimum absolute atomic E-state index is 0.213. The summed E-state index contributed by atoms with van der Waals surface area (Å²) in [7, 11) is 0. The molecule has 0 unspecified atom stereocenters. The van der Waals surface area contributed by atoms with E-state index in [1.165, 1.54) is 0 Å². The van der Waals surface area contributed by atoms with E-state index in [0.29, 0.717) is 6.04 Å². The Morgan fingerprint density at radius 1 is 1.42 bits per heavy atom. The Kier molecular flexibility index (Phi) is 2.44. The van der Waals surface area contributed by atoms with Crippen LogP contribution in [0, 0.1) is 17.2 Å². The summed E-state index contributed by atoms with van der Waals surface area (Å²) in [4.78, 5) is 2.42. The van der Waals surface area contributed by atoms with Crippen LogP contribution >= 0.6 is 0 Å². The summed E-state index contributed by atoms with van der Waals surface area (Å²) in [6.07, 6.45) is 1.04. The van der Waals surface area contributed by atoms with Gasteiger partial charge in [0, 0.05) is 18.1 Å². The molecule has 0 bridgehead atoms. The molecule has 0 aromatic carbocycles. The molecule has 1 fully saturated rings. The number of hydrogen-bond donors (Lipinski definition) is 0. The third kappa shape index (κ3) is 1.78. The lowest BCUT2D eigenvalue weighted by Crippen LogP contribution is -2.43. The third-order valence-corrected chi connectivity index (χ3v) is 2.62. The number of nitrogens with zero attached hydrogens (tertiary/aromatic N) is 2. The maximum atomic E-state index is 8.79. The van der Waals surface area contributed by atoms with Gasteiger partial charge in [-0.2, -0.15) is 5.26 Å². The molecule has 1 aliphatic heterocycles. The van der Waals surface area contributed by atoms with Crippen LogP contribution in [0.1, 0.15) is 34.1 Å². The Morgan fingerprint density at radius 2 is 2.00 bits per heavy atom. The highest BCUT2D eigenvalue weighted by Gasteiger charge is 2.35. The van der Waals surface area contributed by atoms with Crippen molar-refractivity contribution in [3.8, 4) is 6.07 Å². The SMILES string of the molecule is C[C@H]1C[C@H](C#N)CN1C(C)(C)C. The second-order valence-electron chi connectivity index (χ2n) is 4.73. The smallest absolute Gasteiger partial charge is 0.0669 e. The molecule has 0 aliphatic carbocycles. The van der Waals surface area contributed by atoms with Crippen LogP contribution < -0.4 is 0 Å². The molecule has 2 nitrogen and oxygen atoms in total. The van der Waals surface area contributed by atoms with Crippen LogP contribution in [0.2, 0.25) is 0 Å². The van der Waals surface area contributed by atoms with Crippen LogP contribution in [0.15, 0.2) is 0 Å². The van der Waals surface area contributed by atoms with Crippen LogP contribution in [0.5, 0.6) is 0 Å². The zero-order valence-electron chi connectivity index (χ0n) is 8.46. The molecule has 68 valence electrons. The van der Waals surface area contributed by atoms with Gasteiger partial charge in [-0.05, 0) is 34.1 Å². The molecule has 1 rings (SSSR count). The molecule has 1 saturated heterocycles. The zero-order chi connectivity index (χ0) is 9.35. The fourth-order valence-corrected chi connectivity index (χ4v) is 2.06. The van der Waals surface area contributed by atoms with Gasteiger partial charge in [0.2, 0.25) is 0 Å². The Balaban J connectivity index is 2.65. The summed E-state index contributed by atoms with van der Waals surface area (Å²) in [6.45, 7) is 9.79. The van der Waals surface area contributed by atoms with Gasteiger partial charge in [0.15, 0.2) is 0 Å². The van der Waals surface area contributed by atoms with E-state index in [-0.39, 0.29) is 11.5 Å². The predicted molar refractivity (Wildman–Crippen MR) is 49.6 cm³/mol. The van der Waals surface area contributed by atoms with E-state index < -0.39 is 0 Å². The molecule has 0 spiro atoms. The summed E-state index contributed by atoms with van der Waals surface area (Å²) in [5, 5.41) is 8.79. The minimum atomic E-state index is 0.213. The van der Waals surface area contributed by atoms with E-state index >= 15 is 0 Å². The van der Waals surface area contributed by atoms with Gasteiger partial charge in [0.1, 0.15) is 0 Å². The number of hydrogen-bond acceptors (Lipinski definition) is 2. The number of likely N-dealkylation sites (tertiary alicyclic amines) is 1. The molecule has 0 aromatic heterocycles. The predicted octanol–water partition coefficient (Wildman–Crippen LogP) is 2.02. The lowest BCUT2D eigenvalue weighted by molar-refractivity contribution is 0.129. The Hall–Kier alpha value is -0.550. The highest BCUT2D eigenvalue weighted by molar-refractivity contribution is 4.98. The topological polar surface area (TPSA) is 27.0 Å². The average Bonchev–Trinajstić information content (AvgIpc) is 2.29. The molecule has 2 atom stereocenters. The van der Waals surface area contributed by atoms with Crippen molar-refractivity contribution in [2.24, 2.45) is 5.92 Å². The summed E-state index contributed by atoms with van der Waals surface area (Å²) >= 11 is 0. The minimum Gasteiger partial charge on any atom is -0.294 e. The van der Waals surface area contributed by atoms with Crippen LogP contribution in [0.4, 0.5) is 0 Å². The first kappa shape index (κ1) is 9.54. The summed E-state index contributed by atoms with van der Waals surface area (Å²) in [5.74, 6) is 0.249. The summed E-state index contributed by atoms with van der Waals surface area (Å²) in [5.41, 5.74) is 0.213. The van der Waals surface area contributed by atoms with Crippen LogP contribution in [0.3, 0.4) is 0 Å². The first-order valence-corrected chi connectivity index (χ1v) is 4.61. The Labute approximate surface area is 75.2 Å². The van der Waals surface area contributed by atoms with E-state index in [0.717, 1.165) is 13.0 Å². The molecule has 1 aliphatic rings. The van der Waals surface area contributed by atoms with Crippen molar-refractivity contribution in [2.45, 2.75) is 45.7 Å². The molecular formula is C10H18N2. The molecule has 0 saturated carbocycles. The van der Waals surface area contributed by atoms with Crippen molar-refractivity contribution >= 4 is 0 Å². The molecule has 12 heavy (non-hydrogen) atoms. The highest BCUT2D eigenvalue weighted by atomic mass is 15.2. The molecular weight excluding hydrogens is 148 g/mol. The van der Waals surface area contributed by atoms with Gasteiger partial charge in [-0.1, -0.05) is 0 Å². The normalized spacial score (nSPS) is 31.9. The van der Waals surface area contributed by atoms with E-state index in [4.69, 9.17) is 5.26 Å². The molecule has 0 aromatic rings. The van der Waals surface area contributed by atoms with Crippen molar-refractivity contribution in [3.05, 3.63) is 0 Å². The van der Waals surface area contributed by atoms with Crippen LogP contribution in [0.25, 0.3) is 0 Å². The molecule has 0 amide bonds. The van der Waals surface area contributed by atoms with Crippen molar-refractivity contribution in [1.82, 2.24) is 4.90 Å². The van der Waals surface area contributed by atoms with Crippen LogP contribution in [-0.2, 0) is 0 Å². The summed E-state index contributed by atoms with van der Waals surface area (Å²) in [6, 6.07) is 2.92. The number of rotatable bonds is 0. The van der Waals surface area contributed by atoms with Gasteiger partial charge in [-0.15, -0.1) is 0 Å². The van der Waals surface area contributed by atoms with Crippen molar-refractivity contribution < 1.29 is 0 Å². The molecule has 1 heterocycles. The highest BCUT2D eigenvalue weighted by Crippen LogP contribution is 2.29. The zero-order valence-corrected chi connectivity index (χ0v) is 8.46. The molecule has 2 heteroatoms. The largest absolute Gasteiger partial charge is 0.294 e. The fourth-order valence-electron chi connectivity index (χ4n) is 2.06. The van der Waals surface area contributed by atoms with Gasteiger partial charge >= 0.3 is 0 Å². The summed E-state index contributed by atoms with van der Waals surface area (Å²) < 4.78 is 0. The first-order valence-electron chi connectivity index (χ1n) is 4.61. The second kappa shape index (κ2) is 3.06. The van der Waals surface area contributed by atoms with Gasteiger partial charge in [-0.25, -0.2) is 0 Å². The van der Waals surface area contributed by atoms with E-state index in [9.17, 15) is 0 Å². The Morgan fingerprint density at radius 3 is 2.25 bits per heavy atom. The first-order chi connectivity index (χ1) is 5.45. The van der Waals surface area contributed by atoms with Crippen molar-refractivity contribution in [1.29, 1.82) is 5.26 Å². The third-order valence-electron chi connectivity index (χ3n) is 2.62. The van der Waals surface area contributed by atoms with Crippen molar-refractivity contribution in [3.63, 3.8) is 0 Å². The fraction of sp³-hybridized carbons (Fsp3) is 0.900. The lowest BCUT2D eigenvalue weighted by Gasteiger charge is -2.35. The van der Waals surface area contributed by atoms with E-state index in [2.05, 4.69) is 38.7 Å². The maximum Gasteiger partial charge on any atom is 0.0669 e. The van der Waals surface area contributed by atoms with Gasteiger partial charge in [0.25, 0.3) is 0 Å². The quantitative estimate of drug-likeness (QED) is 0.550. The standard InChI is InChI=1S/C10H18N2/c1-8-5-9(6-11)7-12(8)10(2,3)4/h8-9H,5,7H2,1-4H3/t8-,9+/m0/s1. The molecule has 0 radical (unpaired) electrons. The molecule has 0 N–H and O–H groups in total. The monoisotopic (exact) mass is 166 g/mol. The van der Waals surface area contributed by atoms with Crippen LogP contribution in [-0.4, -0.2) is 23.0 Å². The van der Waals surface area contributed by atoms with Gasteiger partial charge in [0.05, 0.1) is 12.0 Å². The average molecular weight is 166 g/mol. The second-order valence-corrected chi connectivity index (χ2v) is 4.73. The van der Waals surface area contributed by atoms with Gasteiger partial charge in [-0.3, -0.25) is 4.90 Å². The Bertz CT molecular complexity index is 197.